The molecule has 0 saturated carbocycles. The van der Waals surface area contributed by atoms with Crippen LogP contribution in [0.3, 0.4) is 0 Å². The average molecular weight is 395 g/mol. The summed E-state index contributed by atoms with van der Waals surface area (Å²) in [6.45, 7) is 6.86. The first-order valence-electron chi connectivity index (χ1n) is 9.98. The third-order valence-electron chi connectivity index (χ3n) is 5.43. The Kier molecular flexibility index (Phi) is 5.57. The maximum absolute atomic E-state index is 13.0. The van der Waals surface area contributed by atoms with Crippen molar-refractivity contribution in [3.05, 3.63) is 52.5 Å². The molecule has 1 aromatic carbocycles. The average Bonchev–Trinajstić information content (AvgIpc) is 3.26. The fraction of sp³-hybridized carbons (Fsp3) is 0.409. The molecule has 0 N–H and O–H groups in total. The summed E-state index contributed by atoms with van der Waals surface area (Å²) in [6, 6.07) is 10.5. The molecule has 5 nitrogen and oxygen atoms in total. The molecule has 1 aliphatic heterocycles. The zero-order valence-corrected chi connectivity index (χ0v) is 17.3. The van der Waals surface area contributed by atoms with E-state index in [2.05, 4.69) is 51.8 Å². The maximum atomic E-state index is 13.0. The van der Waals surface area contributed by atoms with E-state index in [1.165, 1.54) is 16.9 Å². The van der Waals surface area contributed by atoms with Crippen molar-refractivity contribution in [2.75, 3.05) is 24.5 Å². The lowest BCUT2D eigenvalue weighted by Crippen LogP contribution is -2.47. The lowest BCUT2D eigenvalue weighted by atomic mass is 10.0. The van der Waals surface area contributed by atoms with Crippen LogP contribution >= 0.6 is 11.3 Å². The molecule has 0 radical (unpaired) electrons. The fourth-order valence-corrected chi connectivity index (χ4v) is 4.71. The fourth-order valence-electron chi connectivity index (χ4n) is 4.03. The van der Waals surface area contributed by atoms with Crippen LogP contribution in [0, 0.1) is 6.92 Å². The highest BCUT2D eigenvalue weighted by atomic mass is 32.1. The number of thiophene rings is 1. The number of amides is 1. The largest absolute Gasteiger partial charge is 0.356 e. The summed E-state index contributed by atoms with van der Waals surface area (Å²) >= 11 is 1.53. The van der Waals surface area contributed by atoms with Crippen LogP contribution in [0.4, 0.5) is 5.82 Å². The van der Waals surface area contributed by atoms with E-state index >= 15 is 0 Å². The summed E-state index contributed by atoms with van der Waals surface area (Å²) in [7, 11) is 0. The Morgan fingerprint density at radius 1 is 1.25 bits per heavy atom. The van der Waals surface area contributed by atoms with E-state index in [0.29, 0.717) is 6.04 Å². The first-order valence-corrected chi connectivity index (χ1v) is 10.9. The van der Waals surface area contributed by atoms with Crippen molar-refractivity contribution in [3.8, 4) is 0 Å². The van der Waals surface area contributed by atoms with Gasteiger partial charge in [0, 0.05) is 31.1 Å². The van der Waals surface area contributed by atoms with Crippen LogP contribution in [0.5, 0.6) is 0 Å². The number of piperidine rings is 1. The van der Waals surface area contributed by atoms with Crippen molar-refractivity contribution >= 4 is 34.0 Å². The predicted octanol–water partition coefficient (Wildman–Crippen LogP) is 4.52. The van der Waals surface area contributed by atoms with Crippen LogP contribution < -0.4 is 4.90 Å². The summed E-state index contributed by atoms with van der Waals surface area (Å²) in [5.74, 6) is 1.19. The van der Waals surface area contributed by atoms with Crippen LogP contribution in [0.15, 0.2) is 42.0 Å². The van der Waals surface area contributed by atoms with Crippen molar-refractivity contribution < 1.29 is 4.79 Å². The number of hydrogen-bond donors (Lipinski definition) is 0. The molecule has 1 amide bonds. The smallest absolute Gasteiger partial charge is 0.264 e. The van der Waals surface area contributed by atoms with E-state index in [4.69, 9.17) is 0 Å². The Labute approximate surface area is 170 Å². The zero-order chi connectivity index (χ0) is 19.5. The maximum Gasteiger partial charge on any atom is 0.264 e. The Morgan fingerprint density at radius 2 is 2.07 bits per heavy atom. The molecule has 1 aliphatic rings. The van der Waals surface area contributed by atoms with Gasteiger partial charge in [-0.2, -0.15) is 0 Å². The van der Waals surface area contributed by atoms with Crippen molar-refractivity contribution in [2.24, 2.45) is 0 Å². The molecule has 0 aliphatic carbocycles. The number of aryl methyl sites for hydroxylation is 1. The second kappa shape index (κ2) is 8.27. The number of rotatable bonds is 5. The van der Waals surface area contributed by atoms with E-state index in [1.54, 1.807) is 6.33 Å². The van der Waals surface area contributed by atoms with Crippen molar-refractivity contribution in [2.45, 2.75) is 39.2 Å². The quantitative estimate of drug-likeness (QED) is 0.638. The molecule has 6 heteroatoms. The van der Waals surface area contributed by atoms with Gasteiger partial charge in [0.25, 0.3) is 5.91 Å². The minimum atomic E-state index is 0.179. The third-order valence-corrected chi connectivity index (χ3v) is 6.29. The number of benzene rings is 1. The molecule has 3 aromatic rings. The third kappa shape index (κ3) is 3.74. The number of fused-ring (bicyclic) bond motifs is 1. The standard InChI is InChI=1S/C22H26N4OS/c1-3-10-26(22(27)20-5-4-13-28-20)17-8-11-25(12-9-17)21-18-14-16(2)6-7-19(18)23-15-24-21/h4-7,13-15,17H,3,8-12H2,1-2H3. The first-order chi connectivity index (χ1) is 13.7. The monoisotopic (exact) mass is 394 g/mol. The Morgan fingerprint density at radius 3 is 2.79 bits per heavy atom. The molecule has 28 heavy (non-hydrogen) atoms. The summed E-state index contributed by atoms with van der Waals surface area (Å²) in [4.78, 5) is 27.2. The molecular weight excluding hydrogens is 368 g/mol. The van der Waals surface area contributed by atoms with E-state index in [1.807, 2.05) is 17.5 Å². The number of anilines is 1. The van der Waals surface area contributed by atoms with E-state index in [-0.39, 0.29) is 5.91 Å². The highest BCUT2D eigenvalue weighted by molar-refractivity contribution is 7.12. The molecule has 0 atom stereocenters. The van der Waals surface area contributed by atoms with Crippen molar-refractivity contribution in [3.63, 3.8) is 0 Å². The molecule has 4 rings (SSSR count). The number of hydrogen-bond acceptors (Lipinski definition) is 5. The van der Waals surface area contributed by atoms with Gasteiger partial charge in [0.1, 0.15) is 12.1 Å². The van der Waals surface area contributed by atoms with Gasteiger partial charge in [0.2, 0.25) is 0 Å². The van der Waals surface area contributed by atoms with Gasteiger partial charge in [0.05, 0.1) is 10.4 Å². The van der Waals surface area contributed by atoms with Crippen molar-refractivity contribution in [1.29, 1.82) is 0 Å². The van der Waals surface area contributed by atoms with Crippen LogP contribution in [0.2, 0.25) is 0 Å². The first kappa shape index (κ1) is 18.9. The van der Waals surface area contributed by atoms with Crippen LogP contribution in [-0.4, -0.2) is 46.5 Å². The van der Waals surface area contributed by atoms with Crippen LogP contribution in [0.1, 0.15) is 41.4 Å². The Bertz CT molecular complexity index is 948. The van der Waals surface area contributed by atoms with Crippen LogP contribution in [0.25, 0.3) is 10.9 Å². The summed E-state index contributed by atoms with van der Waals surface area (Å²) in [5, 5.41) is 3.09. The molecule has 0 spiro atoms. The minimum Gasteiger partial charge on any atom is -0.356 e. The molecule has 146 valence electrons. The summed E-state index contributed by atoms with van der Waals surface area (Å²) in [5.41, 5.74) is 2.20. The van der Waals surface area contributed by atoms with Crippen molar-refractivity contribution in [1.82, 2.24) is 14.9 Å². The minimum absolute atomic E-state index is 0.179. The van der Waals surface area contributed by atoms with Crippen LogP contribution in [-0.2, 0) is 0 Å². The van der Waals surface area contributed by atoms with Gasteiger partial charge in [-0.15, -0.1) is 11.3 Å². The molecule has 3 heterocycles. The van der Waals surface area contributed by atoms with Gasteiger partial charge in [-0.05, 0) is 49.8 Å². The second-order valence-corrected chi connectivity index (χ2v) is 8.36. The lowest BCUT2D eigenvalue weighted by Gasteiger charge is -2.39. The molecule has 0 bridgehead atoms. The van der Waals surface area contributed by atoms with Gasteiger partial charge in [0.15, 0.2) is 0 Å². The SMILES string of the molecule is CCCN(C(=O)c1cccs1)C1CCN(c2ncnc3ccc(C)cc23)CC1. The highest BCUT2D eigenvalue weighted by Gasteiger charge is 2.29. The molecule has 1 saturated heterocycles. The number of carbonyl (C=O) groups excluding carboxylic acids is 1. The predicted molar refractivity (Wildman–Crippen MR) is 115 cm³/mol. The Hall–Kier alpha value is -2.47. The van der Waals surface area contributed by atoms with Gasteiger partial charge in [-0.1, -0.05) is 24.6 Å². The lowest BCUT2D eigenvalue weighted by molar-refractivity contribution is 0.0655. The number of carbonyl (C=O) groups is 1. The molecule has 0 unspecified atom stereocenters. The molecular formula is C22H26N4OS. The van der Waals surface area contributed by atoms with Gasteiger partial charge in [-0.25, -0.2) is 9.97 Å². The zero-order valence-electron chi connectivity index (χ0n) is 16.5. The van der Waals surface area contributed by atoms with Gasteiger partial charge >= 0.3 is 0 Å². The normalized spacial score (nSPS) is 15.1. The van der Waals surface area contributed by atoms with E-state index < -0.39 is 0 Å². The molecule has 1 fully saturated rings. The Balaban J connectivity index is 1.51. The summed E-state index contributed by atoms with van der Waals surface area (Å²) in [6.07, 6.45) is 4.57. The summed E-state index contributed by atoms with van der Waals surface area (Å²) < 4.78 is 0. The highest BCUT2D eigenvalue weighted by Crippen LogP contribution is 2.28. The van der Waals surface area contributed by atoms with E-state index in [0.717, 1.165) is 60.5 Å². The second-order valence-electron chi connectivity index (χ2n) is 7.41. The van der Waals surface area contributed by atoms with E-state index in [9.17, 15) is 4.79 Å². The number of aromatic nitrogens is 2. The van der Waals surface area contributed by atoms with Gasteiger partial charge < -0.3 is 9.80 Å². The number of nitrogens with zero attached hydrogens (tertiary/aromatic N) is 4. The van der Waals surface area contributed by atoms with Gasteiger partial charge in [-0.3, -0.25) is 4.79 Å². The topological polar surface area (TPSA) is 49.3 Å². The molecule has 2 aromatic heterocycles.